The lowest BCUT2D eigenvalue weighted by Gasteiger charge is -2.14. The third-order valence-electron chi connectivity index (χ3n) is 2.65. The first kappa shape index (κ1) is 13.7. The van der Waals surface area contributed by atoms with Crippen LogP contribution in [0.1, 0.15) is 10.4 Å². The van der Waals surface area contributed by atoms with Crippen molar-refractivity contribution in [1.82, 2.24) is 5.32 Å². The zero-order chi connectivity index (χ0) is 13.4. The fourth-order valence-corrected chi connectivity index (χ4v) is 3.23. The highest BCUT2D eigenvalue weighted by Crippen LogP contribution is 2.35. The predicted octanol–water partition coefficient (Wildman–Crippen LogP) is 3.23. The van der Waals surface area contributed by atoms with Gasteiger partial charge in [-0.2, -0.15) is 0 Å². The van der Waals surface area contributed by atoms with Crippen LogP contribution < -0.4 is 10.2 Å². The van der Waals surface area contributed by atoms with Crippen LogP contribution in [0.2, 0.25) is 0 Å². The molecule has 0 atom stereocenters. The molecule has 0 fully saturated rings. The van der Waals surface area contributed by atoms with E-state index in [9.17, 15) is 4.79 Å². The monoisotopic (exact) mass is 422 g/mol. The van der Waals surface area contributed by atoms with Crippen molar-refractivity contribution in [3.63, 3.8) is 0 Å². The van der Waals surface area contributed by atoms with Crippen molar-refractivity contribution >= 4 is 61.1 Å². The average Bonchev–Trinajstić information content (AvgIpc) is 2.62. The largest absolute Gasteiger partial charge is 0.449 e. The van der Waals surface area contributed by atoms with Gasteiger partial charge in [-0.3, -0.25) is 4.79 Å². The molecule has 0 aliphatic heterocycles. The van der Waals surface area contributed by atoms with E-state index in [0.717, 1.165) is 15.5 Å². The molecule has 0 radical (unpaired) electrons. The number of halogens is 2. The molecule has 0 aliphatic rings. The van der Waals surface area contributed by atoms with E-state index in [0.29, 0.717) is 14.9 Å². The summed E-state index contributed by atoms with van der Waals surface area (Å²) in [5.41, 5.74) is 2.31. The summed E-state index contributed by atoms with van der Waals surface area (Å²) in [5, 5.41) is 3.44. The summed E-state index contributed by atoms with van der Waals surface area (Å²) in [6.07, 6.45) is 0. The number of nitrogens with zero attached hydrogens (tertiary/aromatic N) is 1. The van der Waals surface area contributed by atoms with Crippen LogP contribution in [0.25, 0.3) is 11.0 Å². The zero-order valence-electron chi connectivity index (χ0n) is 10.2. The Hall–Kier alpha value is -0.760. The Labute approximate surface area is 127 Å². The number of carbonyl (C=O) groups is 1. The number of hydrogen-bond acceptors (Lipinski definition) is 3. The van der Waals surface area contributed by atoms with Gasteiger partial charge in [-0.15, -0.1) is 0 Å². The van der Waals surface area contributed by atoms with Crippen molar-refractivity contribution in [2.45, 2.75) is 0 Å². The molecule has 1 amide bonds. The van der Waals surface area contributed by atoms with Gasteiger partial charge in [0.15, 0.2) is 3.77 Å². The molecule has 18 heavy (non-hydrogen) atoms. The fraction of sp³-hybridized carbons (Fsp3) is 0.250. The van der Waals surface area contributed by atoms with Crippen LogP contribution in [-0.2, 0) is 0 Å². The minimum atomic E-state index is -0.136. The van der Waals surface area contributed by atoms with E-state index in [1.54, 1.807) is 7.05 Å². The van der Waals surface area contributed by atoms with E-state index in [-0.39, 0.29) is 5.91 Å². The topological polar surface area (TPSA) is 45.5 Å². The summed E-state index contributed by atoms with van der Waals surface area (Å²) in [7, 11) is 5.53. The first-order valence-electron chi connectivity index (χ1n) is 5.26. The van der Waals surface area contributed by atoms with Gasteiger partial charge in [0.25, 0.3) is 5.91 Å². The normalized spacial score (nSPS) is 10.7. The Bertz CT molecular complexity index is 622. The number of amides is 1. The second kappa shape index (κ2) is 5.08. The van der Waals surface area contributed by atoms with Gasteiger partial charge in [0.05, 0.1) is 11.3 Å². The summed E-state index contributed by atoms with van der Waals surface area (Å²) >= 11 is 5.55. The summed E-state index contributed by atoms with van der Waals surface area (Å²) in [5.74, 6) is -0.136. The molecule has 0 unspecified atom stereocenters. The Morgan fingerprint density at radius 1 is 1.44 bits per heavy atom. The van der Waals surface area contributed by atoms with Crippen LogP contribution in [-0.4, -0.2) is 27.1 Å². The Balaban J connectivity index is 2.73. The molecule has 0 saturated carbocycles. The highest BCUT2D eigenvalue weighted by Gasteiger charge is 2.20. The van der Waals surface area contributed by atoms with Crippen LogP contribution in [0.15, 0.2) is 21.0 Å². The molecule has 1 aromatic carbocycles. The number of benzene rings is 1. The lowest BCUT2D eigenvalue weighted by atomic mass is 10.1. The molecule has 0 bridgehead atoms. The Morgan fingerprint density at radius 3 is 2.67 bits per heavy atom. The van der Waals surface area contributed by atoms with Gasteiger partial charge in [-0.1, -0.05) is 0 Å². The summed E-state index contributed by atoms with van der Waals surface area (Å²) in [4.78, 5) is 13.8. The lowest BCUT2D eigenvalue weighted by molar-refractivity contribution is 0.0962. The number of rotatable bonds is 2. The molecule has 4 nitrogen and oxygen atoms in total. The number of carbonyl (C=O) groups excluding carboxylic acids is 1. The van der Waals surface area contributed by atoms with Gasteiger partial charge in [-0.05, 0) is 22.0 Å². The van der Waals surface area contributed by atoms with Crippen LogP contribution in [0.4, 0.5) is 5.69 Å². The first-order valence-corrected chi connectivity index (χ1v) is 7.13. The number of nitrogens with one attached hydrogen (secondary N) is 1. The molecule has 0 saturated heterocycles. The highest BCUT2D eigenvalue weighted by atomic mass is 127. The van der Waals surface area contributed by atoms with E-state index < -0.39 is 0 Å². The molecular formula is C12H12BrIN2O2. The molecule has 1 heterocycles. The van der Waals surface area contributed by atoms with Crippen molar-refractivity contribution in [1.29, 1.82) is 0 Å². The van der Waals surface area contributed by atoms with E-state index in [1.807, 2.05) is 53.7 Å². The molecule has 2 rings (SSSR count). The summed E-state index contributed by atoms with van der Waals surface area (Å²) in [6.45, 7) is 0. The minimum absolute atomic E-state index is 0.136. The van der Waals surface area contributed by atoms with Crippen LogP contribution in [0.5, 0.6) is 0 Å². The third kappa shape index (κ3) is 2.23. The number of furan rings is 1. The van der Waals surface area contributed by atoms with Gasteiger partial charge in [0.1, 0.15) is 5.58 Å². The molecule has 0 aliphatic carbocycles. The molecule has 1 N–H and O–H groups in total. The van der Waals surface area contributed by atoms with Crippen molar-refractivity contribution in [2.75, 3.05) is 26.0 Å². The lowest BCUT2D eigenvalue weighted by Crippen LogP contribution is -2.18. The number of fused-ring (bicyclic) bond motifs is 1. The van der Waals surface area contributed by atoms with E-state index >= 15 is 0 Å². The van der Waals surface area contributed by atoms with Crippen LogP contribution >= 0.6 is 38.5 Å². The molecule has 1 aromatic heterocycles. The van der Waals surface area contributed by atoms with Crippen LogP contribution in [0, 0.1) is 3.77 Å². The zero-order valence-corrected chi connectivity index (χ0v) is 13.9. The van der Waals surface area contributed by atoms with Gasteiger partial charge < -0.3 is 14.6 Å². The second-order valence-electron chi connectivity index (χ2n) is 4.02. The average molecular weight is 423 g/mol. The molecule has 6 heteroatoms. The number of hydrogen-bond donors (Lipinski definition) is 1. The maximum Gasteiger partial charge on any atom is 0.256 e. The third-order valence-corrected chi connectivity index (χ3v) is 4.05. The molecule has 96 valence electrons. The summed E-state index contributed by atoms with van der Waals surface area (Å²) < 4.78 is 7.18. The molecular weight excluding hydrogens is 411 g/mol. The summed E-state index contributed by atoms with van der Waals surface area (Å²) in [6, 6.07) is 3.84. The second-order valence-corrected chi connectivity index (χ2v) is 5.86. The standard InChI is InChI=1S/C12H12BrIN2O2/c1-15-12(17)10-6-4-7(13)8(16(2)3)5-9(6)18-11(10)14/h4-5H,1-3H3,(H,15,17). The van der Waals surface area contributed by atoms with Gasteiger partial charge in [0, 0.05) is 59.7 Å². The maximum atomic E-state index is 11.8. The van der Waals surface area contributed by atoms with Crippen molar-refractivity contribution < 1.29 is 9.21 Å². The Morgan fingerprint density at radius 2 is 2.11 bits per heavy atom. The van der Waals surface area contributed by atoms with Gasteiger partial charge >= 0.3 is 0 Å². The molecule has 0 spiro atoms. The van der Waals surface area contributed by atoms with Crippen molar-refractivity contribution in [3.8, 4) is 0 Å². The quantitative estimate of drug-likeness (QED) is 0.755. The smallest absolute Gasteiger partial charge is 0.256 e. The van der Waals surface area contributed by atoms with Gasteiger partial charge in [-0.25, -0.2) is 0 Å². The predicted molar refractivity (Wildman–Crippen MR) is 84.3 cm³/mol. The maximum absolute atomic E-state index is 11.8. The van der Waals surface area contributed by atoms with E-state index in [4.69, 9.17) is 4.42 Å². The molecule has 2 aromatic rings. The minimum Gasteiger partial charge on any atom is -0.449 e. The highest BCUT2D eigenvalue weighted by molar-refractivity contribution is 14.1. The SMILES string of the molecule is CNC(=O)c1c(I)oc2cc(N(C)C)c(Br)cc12. The van der Waals surface area contributed by atoms with Crippen molar-refractivity contribution in [3.05, 3.63) is 25.9 Å². The fourth-order valence-electron chi connectivity index (χ4n) is 1.76. The van der Waals surface area contributed by atoms with Gasteiger partial charge in [0.2, 0.25) is 0 Å². The Kier molecular flexibility index (Phi) is 3.86. The van der Waals surface area contributed by atoms with Crippen molar-refractivity contribution in [2.24, 2.45) is 0 Å². The van der Waals surface area contributed by atoms with E-state index in [1.165, 1.54) is 0 Å². The van der Waals surface area contributed by atoms with Crippen LogP contribution in [0.3, 0.4) is 0 Å². The van der Waals surface area contributed by atoms with E-state index in [2.05, 4.69) is 21.2 Å². The first-order chi connectivity index (χ1) is 8.45. The number of anilines is 1.